The van der Waals surface area contributed by atoms with Crippen LogP contribution in [0.2, 0.25) is 0 Å². The van der Waals surface area contributed by atoms with Gasteiger partial charge in [-0.05, 0) is 38.5 Å². The van der Waals surface area contributed by atoms with Gasteiger partial charge in [-0.2, -0.15) is 0 Å². The van der Waals surface area contributed by atoms with Crippen LogP contribution in [0.3, 0.4) is 0 Å². The summed E-state index contributed by atoms with van der Waals surface area (Å²) in [4.78, 5) is 13.9. The van der Waals surface area contributed by atoms with Crippen LogP contribution in [-0.2, 0) is 16.6 Å². The highest BCUT2D eigenvalue weighted by molar-refractivity contribution is 9.08. The number of hydrogen-bond donors (Lipinski definition) is 0. The predicted molar refractivity (Wildman–Crippen MR) is 81.2 cm³/mol. The van der Waals surface area contributed by atoms with Gasteiger partial charge in [0.2, 0.25) is 0 Å². The second kappa shape index (κ2) is 6.04. The standard InChI is InChI=1S/C15H20BrNO3/c1-15(2,3)20-14(18)17-6-7-19-13-5-4-11(9-16)8-12(13)10-17/h4-5,8H,6-7,9-10H2,1-3H3. The Morgan fingerprint density at radius 2 is 2.20 bits per heavy atom. The number of fused-ring (bicyclic) bond motifs is 1. The zero-order valence-electron chi connectivity index (χ0n) is 12.1. The van der Waals surface area contributed by atoms with Crippen molar-refractivity contribution in [3.63, 3.8) is 0 Å². The number of halogens is 1. The van der Waals surface area contributed by atoms with E-state index in [2.05, 4.69) is 22.0 Å². The molecule has 1 aromatic carbocycles. The van der Waals surface area contributed by atoms with E-state index in [9.17, 15) is 4.79 Å². The van der Waals surface area contributed by atoms with Gasteiger partial charge in [-0.1, -0.05) is 22.0 Å². The zero-order valence-corrected chi connectivity index (χ0v) is 13.7. The number of carbonyl (C=O) groups is 1. The highest BCUT2D eigenvalue weighted by Gasteiger charge is 2.25. The molecule has 2 rings (SSSR count). The fraction of sp³-hybridized carbons (Fsp3) is 0.533. The number of rotatable bonds is 1. The Morgan fingerprint density at radius 1 is 1.45 bits per heavy atom. The third-order valence-electron chi connectivity index (χ3n) is 2.91. The Labute approximate surface area is 128 Å². The lowest BCUT2D eigenvalue weighted by molar-refractivity contribution is 0.0225. The van der Waals surface area contributed by atoms with Crippen molar-refractivity contribution in [1.29, 1.82) is 0 Å². The maximum atomic E-state index is 12.2. The smallest absolute Gasteiger partial charge is 0.410 e. The van der Waals surface area contributed by atoms with E-state index in [4.69, 9.17) is 9.47 Å². The van der Waals surface area contributed by atoms with E-state index >= 15 is 0 Å². The minimum Gasteiger partial charge on any atom is -0.491 e. The molecule has 1 aromatic rings. The Bertz CT molecular complexity index is 496. The van der Waals surface area contributed by atoms with Crippen LogP contribution in [-0.4, -0.2) is 29.7 Å². The summed E-state index contributed by atoms with van der Waals surface area (Å²) in [5.74, 6) is 0.848. The molecule has 0 atom stereocenters. The van der Waals surface area contributed by atoms with Crippen molar-refractivity contribution in [3.05, 3.63) is 29.3 Å². The molecule has 0 spiro atoms. The lowest BCUT2D eigenvalue weighted by atomic mass is 10.1. The van der Waals surface area contributed by atoms with E-state index < -0.39 is 5.60 Å². The van der Waals surface area contributed by atoms with E-state index in [1.54, 1.807) is 4.90 Å². The summed E-state index contributed by atoms with van der Waals surface area (Å²) in [6, 6.07) is 6.05. The van der Waals surface area contributed by atoms with Crippen LogP contribution in [0.15, 0.2) is 18.2 Å². The molecule has 1 aliphatic rings. The van der Waals surface area contributed by atoms with Gasteiger partial charge in [-0.25, -0.2) is 4.79 Å². The van der Waals surface area contributed by atoms with E-state index in [0.717, 1.165) is 16.6 Å². The monoisotopic (exact) mass is 341 g/mol. The molecule has 0 unspecified atom stereocenters. The summed E-state index contributed by atoms with van der Waals surface area (Å²) in [5.41, 5.74) is 1.70. The first-order valence-corrected chi connectivity index (χ1v) is 7.80. The molecule has 0 fully saturated rings. The molecule has 4 nitrogen and oxygen atoms in total. The van der Waals surface area contributed by atoms with Crippen LogP contribution in [0.25, 0.3) is 0 Å². The lowest BCUT2D eigenvalue weighted by Crippen LogP contribution is -2.37. The Balaban J connectivity index is 2.16. The van der Waals surface area contributed by atoms with Gasteiger partial charge in [0.15, 0.2) is 0 Å². The highest BCUT2D eigenvalue weighted by atomic mass is 79.9. The molecule has 20 heavy (non-hydrogen) atoms. The van der Waals surface area contributed by atoms with E-state index in [-0.39, 0.29) is 6.09 Å². The number of amides is 1. The van der Waals surface area contributed by atoms with Gasteiger partial charge in [-0.15, -0.1) is 0 Å². The van der Waals surface area contributed by atoms with Gasteiger partial charge < -0.3 is 14.4 Å². The van der Waals surface area contributed by atoms with Crippen LogP contribution < -0.4 is 4.74 Å². The average molecular weight is 342 g/mol. The molecule has 1 amide bonds. The van der Waals surface area contributed by atoms with E-state index in [1.165, 1.54) is 5.56 Å². The Hall–Kier alpha value is -1.23. The van der Waals surface area contributed by atoms with Crippen molar-refractivity contribution in [3.8, 4) is 5.75 Å². The fourth-order valence-corrected chi connectivity index (χ4v) is 2.36. The maximum Gasteiger partial charge on any atom is 0.410 e. The molecular weight excluding hydrogens is 322 g/mol. The molecule has 110 valence electrons. The molecule has 0 saturated carbocycles. The molecule has 0 saturated heterocycles. The molecule has 0 radical (unpaired) electrons. The van der Waals surface area contributed by atoms with Gasteiger partial charge in [0.1, 0.15) is 18.0 Å². The maximum absolute atomic E-state index is 12.2. The summed E-state index contributed by atoms with van der Waals surface area (Å²) < 4.78 is 11.1. The second-order valence-electron chi connectivity index (χ2n) is 5.83. The van der Waals surface area contributed by atoms with Gasteiger partial charge in [0.25, 0.3) is 0 Å². The van der Waals surface area contributed by atoms with Gasteiger partial charge in [0.05, 0.1) is 13.1 Å². The fourth-order valence-electron chi connectivity index (χ4n) is 2.01. The second-order valence-corrected chi connectivity index (χ2v) is 6.39. The van der Waals surface area contributed by atoms with Crippen molar-refractivity contribution in [1.82, 2.24) is 4.90 Å². The minimum atomic E-state index is -0.481. The van der Waals surface area contributed by atoms with Crippen molar-refractivity contribution < 1.29 is 14.3 Å². The number of carbonyl (C=O) groups excluding carboxylic acids is 1. The summed E-state index contributed by atoms with van der Waals surface area (Å²) in [5, 5.41) is 0.784. The number of alkyl halides is 1. The molecule has 0 bridgehead atoms. The molecule has 5 heteroatoms. The zero-order chi connectivity index (χ0) is 14.8. The first-order valence-electron chi connectivity index (χ1n) is 6.67. The van der Waals surface area contributed by atoms with Crippen molar-refractivity contribution >= 4 is 22.0 Å². The van der Waals surface area contributed by atoms with E-state index in [1.807, 2.05) is 32.9 Å². The summed E-state index contributed by atoms with van der Waals surface area (Å²) in [6.45, 7) is 7.15. The van der Waals surface area contributed by atoms with Crippen LogP contribution in [0.1, 0.15) is 31.9 Å². The van der Waals surface area contributed by atoms with Gasteiger partial charge in [-0.3, -0.25) is 0 Å². The first kappa shape index (κ1) is 15.2. The average Bonchev–Trinajstić information content (AvgIpc) is 2.57. The number of benzene rings is 1. The quantitative estimate of drug-likeness (QED) is 0.731. The topological polar surface area (TPSA) is 38.8 Å². The largest absolute Gasteiger partial charge is 0.491 e. The highest BCUT2D eigenvalue weighted by Crippen LogP contribution is 2.26. The molecule has 0 N–H and O–H groups in total. The molecule has 1 aliphatic heterocycles. The third-order valence-corrected chi connectivity index (χ3v) is 3.56. The molecule has 0 aliphatic carbocycles. The summed E-state index contributed by atoms with van der Waals surface area (Å²) in [7, 11) is 0. The van der Waals surface area contributed by atoms with Crippen LogP contribution >= 0.6 is 15.9 Å². The van der Waals surface area contributed by atoms with Crippen molar-refractivity contribution in [2.75, 3.05) is 13.2 Å². The van der Waals surface area contributed by atoms with Crippen molar-refractivity contribution in [2.45, 2.75) is 38.2 Å². The summed E-state index contributed by atoms with van der Waals surface area (Å²) in [6.07, 6.45) is -0.293. The van der Waals surface area contributed by atoms with Crippen LogP contribution in [0.5, 0.6) is 5.75 Å². The number of hydrogen-bond acceptors (Lipinski definition) is 3. The Morgan fingerprint density at radius 3 is 2.85 bits per heavy atom. The molecule has 0 aromatic heterocycles. The van der Waals surface area contributed by atoms with Crippen LogP contribution in [0.4, 0.5) is 4.79 Å². The minimum absolute atomic E-state index is 0.293. The van der Waals surface area contributed by atoms with Gasteiger partial charge >= 0.3 is 6.09 Å². The number of ether oxygens (including phenoxy) is 2. The lowest BCUT2D eigenvalue weighted by Gasteiger charge is -2.26. The molecular formula is C15H20BrNO3. The van der Waals surface area contributed by atoms with Gasteiger partial charge in [0, 0.05) is 10.9 Å². The normalized spacial score (nSPS) is 15.1. The summed E-state index contributed by atoms with van der Waals surface area (Å²) >= 11 is 3.44. The third kappa shape index (κ3) is 3.88. The predicted octanol–water partition coefficient (Wildman–Crippen LogP) is 3.71. The molecule has 1 heterocycles. The Kier molecular flexibility index (Phi) is 4.58. The van der Waals surface area contributed by atoms with Crippen molar-refractivity contribution in [2.24, 2.45) is 0 Å². The van der Waals surface area contributed by atoms with E-state index in [0.29, 0.717) is 19.7 Å². The van der Waals surface area contributed by atoms with Crippen LogP contribution in [0, 0.1) is 0 Å². The number of nitrogens with zero attached hydrogens (tertiary/aromatic N) is 1. The SMILES string of the molecule is CC(C)(C)OC(=O)N1CCOc2ccc(CBr)cc2C1. The first-order chi connectivity index (χ1) is 9.39.